The molecule has 2 heterocycles. The first-order valence-electron chi connectivity index (χ1n) is 8.67. The van der Waals surface area contributed by atoms with Gasteiger partial charge in [0.1, 0.15) is 11.2 Å². The molecule has 2 amide bonds. The largest absolute Gasteiger partial charge is 0.341 e. The summed E-state index contributed by atoms with van der Waals surface area (Å²) >= 11 is 5.78. The maximum Gasteiger partial charge on any atom is 0.243 e. The van der Waals surface area contributed by atoms with Crippen LogP contribution in [-0.2, 0) is 9.59 Å². The molecule has 1 aromatic rings. The van der Waals surface area contributed by atoms with Crippen LogP contribution in [0.15, 0.2) is 18.3 Å². The summed E-state index contributed by atoms with van der Waals surface area (Å²) in [7, 11) is 0. The Hall–Kier alpha value is -2.13. The van der Waals surface area contributed by atoms with Crippen LogP contribution in [0.25, 0.3) is 0 Å². The van der Waals surface area contributed by atoms with E-state index in [4.69, 9.17) is 11.6 Å². The number of rotatable bonds is 3. The molecule has 0 atom stereocenters. The van der Waals surface area contributed by atoms with Crippen LogP contribution in [0.1, 0.15) is 38.5 Å². The molecule has 6 nitrogen and oxygen atoms in total. The van der Waals surface area contributed by atoms with Gasteiger partial charge in [0.05, 0.1) is 11.1 Å². The van der Waals surface area contributed by atoms with Gasteiger partial charge in [-0.25, -0.2) is 4.98 Å². The van der Waals surface area contributed by atoms with Gasteiger partial charge in [-0.15, -0.1) is 0 Å². The van der Waals surface area contributed by atoms with E-state index in [1.54, 1.807) is 17.0 Å². The number of nitrogens with one attached hydrogen (secondary N) is 1. The molecule has 1 aromatic heterocycles. The van der Waals surface area contributed by atoms with Crippen molar-refractivity contribution in [2.75, 3.05) is 18.4 Å². The third-order valence-electron chi connectivity index (χ3n) is 5.21. The highest BCUT2D eigenvalue weighted by Gasteiger charge is 2.44. The lowest BCUT2D eigenvalue weighted by Gasteiger charge is -2.35. The number of nitriles is 1. The molecule has 132 valence electrons. The molecule has 0 bridgehead atoms. The molecule has 1 saturated heterocycles. The van der Waals surface area contributed by atoms with Crippen LogP contribution >= 0.6 is 11.6 Å². The topological polar surface area (TPSA) is 86.1 Å². The van der Waals surface area contributed by atoms with Crippen molar-refractivity contribution in [3.05, 3.63) is 23.4 Å². The van der Waals surface area contributed by atoms with Gasteiger partial charge in [-0.3, -0.25) is 9.59 Å². The summed E-state index contributed by atoms with van der Waals surface area (Å²) in [6.45, 7) is 1.04. The maximum atomic E-state index is 12.7. The number of aromatic nitrogens is 1. The number of carbonyl (C=O) groups excluding carboxylic acids is 2. The number of hydrogen-bond donors (Lipinski definition) is 1. The van der Waals surface area contributed by atoms with Crippen molar-refractivity contribution in [3.8, 4) is 6.07 Å². The van der Waals surface area contributed by atoms with Gasteiger partial charge in [-0.1, -0.05) is 24.4 Å². The van der Waals surface area contributed by atoms with Crippen LogP contribution in [0, 0.1) is 22.7 Å². The number of piperidine rings is 1. The van der Waals surface area contributed by atoms with Crippen molar-refractivity contribution < 1.29 is 9.59 Å². The molecular formula is C18H21ClN4O2. The zero-order valence-electron chi connectivity index (χ0n) is 14.0. The van der Waals surface area contributed by atoms with Gasteiger partial charge in [0.2, 0.25) is 11.8 Å². The second-order valence-corrected chi connectivity index (χ2v) is 7.25. The lowest BCUT2D eigenvalue weighted by atomic mass is 9.85. The molecule has 3 rings (SSSR count). The number of hydrogen-bond acceptors (Lipinski definition) is 4. The number of nitrogens with zero attached hydrogens (tertiary/aromatic N) is 3. The van der Waals surface area contributed by atoms with Crippen molar-refractivity contribution in [3.63, 3.8) is 0 Å². The van der Waals surface area contributed by atoms with E-state index in [1.807, 2.05) is 0 Å². The molecule has 25 heavy (non-hydrogen) atoms. The number of carbonyl (C=O) groups is 2. The van der Waals surface area contributed by atoms with Crippen molar-refractivity contribution in [1.82, 2.24) is 9.88 Å². The standard InChI is InChI=1S/C18H21ClN4O2/c19-14-3-4-15(21-11-14)22-16(24)13-5-9-23(10-6-13)17(25)18(12-20)7-1-2-8-18/h3-4,11,13H,1-2,5-10H2,(H,21,22,24). The highest BCUT2D eigenvalue weighted by atomic mass is 35.5. The number of amides is 2. The first-order chi connectivity index (χ1) is 12.0. The van der Waals surface area contributed by atoms with Gasteiger partial charge in [0.15, 0.2) is 0 Å². The Morgan fingerprint density at radius 1 is 1.28 bits per heavy atom. The van der Waals surface area contributed by atoms with Crippen LogP contribution in [-0.4, -0.2) is 34.8 Å². The van der Waals surface area contributed by atoms with E-state index < -0.39 is 5.41 Å². The Bertz CT molecular complexity index is 684. The first kappa shape index (κ1) is 17.7. The Labute approximate surface area is 152 Å². The number of anilines is 1. The van der Waals surface area contributed by atoms with Gasteiger partial charge in [0.25, 0.3) is 0 Å². The predicted molar refractivity (Wildman–Crippen MR) is 93.7 cm³/mol. The number of likely N-dealkylation sites (tertiary alicyclic amines) is 1. The monoisotopic (exact) mass is 360 g/mol. The molecule has 1 aliphatic heterocycles. The minimum Gasteiger partial charge on any atom is -0.341 e. The van der Waals surface area contributed by atoms with E-state index in [9.17, 15) is 14.9 Å². The second-order valence-electron chi connectivity index (χ2n) is 6.82. The van der Waals surface area contributed by atoms with Crippen molar-refractivity contribution >= 4 is 29.2 Å². The molecule has 0 unspecified atom stereocenters. The Morgan fingerprint density at radius 2 is 1.96 bits per heavy atom. The maximum absolute atomic E-state index is 12.7. The van der Waals surface area contributed by atoms with Gasteiger partial charge in [-0.05, 0) is 37.8 Å². The van der Waals surface area contributed by atoms with Crippen LogP contribution in [0.3, 0.4) is 0 Å². The second kappa shape index (κ2) is 7.40. The van der Waals surface area contributed by atoms with E-state index in [-0.39, 0.29) is 17.7 Å². The first-order valence-corrected chi connectivity index (χ1v) is 9.05. The summed E-state index contributed by atoms with van der Waals surface area (Å²) < 4.78 is 0. The van der Waals surface area contributed by atoms with Crippen LogP contribution in [0.2, 0.25) is 5.02 Å². The van der Waals surface area contributed by atoms with E-state index in [0.29, 0.717) is 49.6 Å². The third kappa shape index (κ3) is 3.77. The Kier molecular flexibility index (Phi) is 5.24. The molecule has 0 radical (unpaired) electrons. The fourth-order valence-corrected chi connectivity index (χ4v) is 3.79. The van der Waals surface area contributed by atoms with Gasteiger partial charge in [0, 0.05) is 25.2 Å². The highest BCUT2D eigenvalue weighted by Crippen LogP contribution is 2.39. The molecule has 2 fully saturated rings. The predicted octanol–water partition coefficient (Wildman–Crippen LogP) is 3.00. The summed E-state index contributed by atoms with van der Waals surface area (Å²) in [6.07, 6.45) is 5.88. The summed E-state index contributed by atoms with van der Waals surface area (Å²) in [6, 6.07) is 5.59. The van der Waals surface area contributed by atoms with Crippen LogP contribution in [0.5, 0.6) is 0 Å². The number of pyridine rings is 1. The quantitative estimate of drug-likeness (QED) is 0.897. The minimum atomic E-state index is -0.831. The van der Waals surface area contributed by atoms with Gasteiger partial charge < -0.3 is 10.2 Å². The highest BCUT2D eigenvalue weighted by molar-refractivity contribution is 6.30. The summed E-state index contributed by atoms with van der Waals surface area (Å²) in [5.41, 5.74) is -0.831. The summed E-state index contributed by atoms with van der Waals surface area (Å²) in [5, 5.41) is 12.8. The Balaban J connectivity index is 1.54. The molecule has 0 spiro atoms. The van der Waals surface area contributed by atoms with E-state index in [0.717, 1.165) is 12.8 Å². The minimum absolute atomic E-state index is 0.0503. The number of halogens is 1. The Morgan fingerprint density at radius 3 is 2.52 bits per heavy atom. The average Bonchev–Trinajstić information content (AvgIpc) is 3.13. The van der Waals surface area contributed by atoms with E-state index >= 15 is 0 Å². The fourth-order valence-electron chi connectivity index (χ4n) is 3.68. The van der Waals surface area contributed by atoms with E-state index in [2.05, 4.69) is 16.4 Å². The summed E-state index contributed by atoms with van der Waals surface area (Å²) in [4.78, 5) is 30.9. The lowest BCUT2D eigenvalue weighted by molar-refractivity contribution is -0.141. The average molecular weight is 361 g/mol. The lowest BCUT2D eigenvalue weighted by Crippen LogP contribution is -2.47. The van der Waals surface area contributed by atoms with Crippen LogP contribution < -0.4 is 5.32 Å². The smallest absolute Gasteiger partial charge is 0.243 e. The summed E-state index contributed by atoms with van der Waals surface area (Å²) in [5.74, 6) is 0.189. The van der Waals surface area contributed by atoms with E-state index in [1.165, 1.54) is 6.20 Å². The SMILES string of the molecule is N#CC1(C(=O)N2CCC(C(=O)Nc3ccc(Cl)cn3)CC2)CCCC1. The van der Waals surface area contributed by atoms with Crippen molar-refractivity contribution in [1.29, 1.82) is 5.26 Å². The zero-order valence-corrected chi connectivity index (χ0v) is 14.8. The van der Waals surface area contributed by atoms with Crippen LogP contribution in [0.4, 0.5) is 5.82 Å². The van der Waals surface area contributed by atoms with Gasteiger partial charge >= 0.3 is 0 Å². The zero-order chi connectivity index (χ0) is 17.9. The molecular weight excluding hydrogens is 340 g/mol. The van der Waals surface area contributed by atoms with Crippen molar-refractivity contribution in [2.45, 2.75) is 38.5 Å². The molecule has 1 saturated carbocycles. The molecule has 7 heteroatoms. The van der Waals surface area contributed by atoms with Crippen molar-refractivity contribution in [2.24, 2.45) is 11.3 Å². The normalized spacial score (nSPS) is 20.1. The molecule has 2 aliphatic rings. The third-order valence-corrected chi connectivity index (χ3v) is 5.44. The van der Waals surface area contributed by atoms with Gasteiger partial charge in [-0.2, -0.15) is 5.26 Å². The fraction of sp³-hybridized carbons (Fsp3) is 0.556. The molecule has 1 N–H and O–H groups in total. The molecule has 1 aliphatic carbocycles. The molecule has 0 aromatic carbocycles.